The van der Waals surface area contributed by atoms with E-state index in [1.165, 1.54) is 25.3 Å². The van der Waals surface area contributed by atoms with E-state index in [1.807, 2.05) is 0 Å². The van der Waals surface area contributed by atoms with Crippen molar-refractivity contribution in [3.63, 3.8) is 0 Å². The molecule has 0 fully saturated rings. The first-order valence-electron chi connectivity index (χ1n) is 9.62. The van der Waals surface area contributed by atoms with Crippen LogP contribution in [-0.2, 0) is 21.2 Å². The molecule has 0 bridgehead atoms. The fourth-order valence-electron chi connectivity index (χ4n) is 2.66. The maximum atomic E-state index is 12.4. The van der Waals surface area contributed by atoms with Crippen LogP contribution in [0, 0.1) is 21.4 Å². The van der Waals surface area contributed by atoms with Crippen molar-refractivity contribution in [2.45, 2.75) is 11.8 Å². The number of sulfone groups is 1. The van der Waals surface area contributed by atoms with E-state index in [2.05, 4.69) is 14.7 Å². The largest absolute Gasteiger partial charge is 0.493 e. The standard InChI is InChI=1S/C21H17N5O7S2/c1-32-18-10-14(5-8-17(18)33-12-13-3-6-16(7-4-13)26(28)29)9-15(11-22)19(27)23-20-24-21(25-34-20)35(2,30)31/h3-10H,12H2,1-2H3,(H,23,24,25,27)/b15-9-. The Balaban J connectivity index is 1.73. The molecule has 0 aliphatic heterocycles. The Morgan fingerprint density at radius 3 is 2.54 bits per heavy atom. The third kappa shape index (κ3) is 6.59. The smallest absolute Gasteiger partial charge is 0.269 e. The van der Waals surface area contributed by atoms with E-state index in [0.717, 1.165) is 6.26 Å². The van der Waals surface area contributed by atoms with Crippen molar-refractivity contribution >= 4 is 44.2 Å². The first kappa shape index (κ1) is 25.3. The normalized spacial score (nSPS) is 11.4. The number of nitro benzene ring substituents is 1. The zero-order valence-corrected chi connectivity index (χ0v) is 19.9. The van der Waals surface area contributed by atoms with Gasteiger partial charge in [-0.25, -0.2) is 8.42 Å². The van der Waals surface area contributed by atoms with Crippen LogP contribution in [0.25, 0.3) is 6.08 Å². The van der Waals surface area contributed by atoms with Gasteiger partial charge in [-0.1, -0.05) is 6.07 Å². The van der Waals surface area contributed by atoms with Crippen LogP contribution in [-0.4, -0.2) is 42.0 Å². The number of ether oxygens (including phenoxy) is 2. The molecule has 14 heteroatoms. The number of amides is 1. The Kier molecular flexibility index (Phi) is 7.74. The molecule has 0 aliphatic carbocycles. The molecule has 3 aromatic rings. The number of methoxy groups -OCH3 is 1. The van der Waals surface area contributed by atoms with Gasteiger partial charge in [-0.3, -0.25) is 20.2 Å². The lowest BCUT2D eigenvalue weighted by Gasteiger charge is -2.11. The summed E-state index contributed by atoms with van der Waals surface area (Å²) in [5, 5.41) is 22.0. The molecule has 1 heterocycles. The molecule has 0 radical (unpaired) electrons. The van der Waals surface area contributed by atoms with Gasteiger partial charge >= 0.3 is 0 Å². The van der Waals surface area contributed by atoms with E-state index in [-0.39, 0.29) is 23.0 Å². The molecule has 0 saturated heterocycles. The molecule has 1 aromatic heterocycles. The summed E-state index contributed by atoms with van der Waals surface area (Å²) in [4.78, 5) is 26.4. The van der Waals surface area contributed by atoms with Gasteiger partial charge in [0.15, 0.2) is 11.5 Å². The van der Waals surface area contributed by atoms with Gasteiger partial charge in [0.1, 0.15) is 18.2 Å². The average Bonchev–Trinajstić information content (AvgIpc) is 3.30. The van der Waals surface area contributed by atoms with Crippen LogP contribution in [0.15, 0.2) is 53.2 Å². The predicted molar refractivity (Wildman–Crippen MR) is 126 cm³/mol. The van der Waals surface area contributed by atoms with Crippen molar-refractivity contribution in [1.29, 1.82) is 5.26 Å². The number of aromatic nitrogens is 2. The van der Waals surface area contributed by atoms with Crippen molar-refractivity contribution in [2.75, 3.05) is 18.7 Å². The summed E-state index contributed by atoms with van der Waals surface area (Å²) < 4.78 is 37.7. The zero-order valence-electron chi connectivity index (χ0n) is 18.3. The van der Waals surface area contributed by atoms with E-state index in [0.29, 0.717) is 34.2 Å². The number of non-ortho nitro benzene ring substituents is 1. The Morgan fingerprint density at radius 2 is 1.97 bits per heavy atom. The van der Waals surface area contributed by atoms with Gasteiger partial charge in [0.05, 0.1) is 12.0 Å². The van der Waals surface area contributed by atoms with Crippen molar-refractivity contribution in [3.05, 3.63) is 69.3 Å². The third-order valence-corrected chi connectivity index (χ3v) is 5.96. The predicted octanol–water partition coefficient (Wildman–Crippen LogP) is 2.98. The van der Waals surface area contributed by atoms with E-state index >= 15 is 0 Å². The van der Waals surface area contributed by atoms with Crippen LogP contribution < -0.4 is 14.8 Å². The minimum Gasteiger partial charge on any atom is -0.493 e. The molecule has 180 valence electrons. The molecular formula is C21H17N5O7S2. The minimum atomic E-state index is -3.63. The minimum absolute atomic E-state index is 0.0261. The van der Waals surface area contributed by atoms with Gasteiger partial charge in [-0.2, -0.15) is 14.6 Å². The molecular weight excluding hydrogens is 498 g/mol. The maximum Gasteiger partial charge on any atom is 0.269 e. The second-order valence-electron chi connectivity index (χ2n) is 6.90. The first-order chi connectivity index (χ1) is 16.6. The summed E-state index contributed by atoms with van der Waals surface area (Å²) in [6.07, 6.45) is 2.25. The fourth-order valence-corrected chi connectivity index (χ4v) is 4.10. The Bertz CT molecular complexity index is 1440. The van der Waals surface area contributed by atoms with Gasteiger partial charge < -0.3 is 9.47 Å². The lowest BCUT2D eigenvalue weighted by atomic mass is 10.1. The number of nitrogens with zero attached hydrogens (tertiary/aromatic N) is 4. The number of benzene rings is 2. The SMILES string of the molecule is COc1cc(/C=C(/C#N)C(=O)Nc2nc(S(C)(=O)=O)ns2)ccc1OCc1ccc([N+](=O)[O-])cc1. The summed E-state index contributed by atoms with van der Waals surface area (Å²) in [5.74, 6) is -0.0745. The quantitative estimate of drug-likeness (QED) is 0.193. The molecule has 12 nitrogen and oxygen atoms in total. The number of carbonyl (C=O) groups is 1. The molecule has 1 N–H and O–H groups in total. The van der Waals surface area contributed by atoms with Gasteiger partial charge in [0, 0.05) is 29.9 Å². The fraction of sp³-hybridized carbons (Fsp3) is 0.143. The second kappa shape index (κ2) is 10.7. The molecule has 1 amide bonds. The van der Waals surface area contributed by atoms with Crippen molar-refractivity contribution in [1.82, 2.24) is 9.36 Å². The first-order valence-corrected chi connectivity index (χ1v) is 12.3. The molecule has 0 atom stereocenters. The van der Waals surface area contributed by atoms with Crippen LogP contribution >= 0.6 is 11.5 Å². The molecule has 0 aliphatic rings. The highest BCUT2D eigenvalue weighted by atomic mass is 32.2. The highest BCUT2D eigenvalue weighted by Crippen LogP contribution is 2.30. The van der Waals surface area contributed by atoms with E-state index < -0.39 is 25.8 Å². The van der Waals surface area contributed by atoms with Gasteiger partial charge in [0.25, 0.3) is 16.8 Å². The van der Waals surface area contributed by atoms with Crippen LogP contribution in [0.5, 0.6) is 11.5 Å². The molecule has 35 heavy (non-hydrogen) atoms. The Morgan fingerprint density at radius 1 is 1.26 bits per heavy atom. The topological polar surface area (TPSA) is 174 Å². The van der Waals surface area contributed by atoms with Crippen LogP contribution in [0.2, 0.25) is 0 Å². The number of rotatable bonds is 9. The summed E-state index contributed by atoms with van der Waals surface area (Å²) >= 11 is 0.674. The molecule has 0 unspecified atom stereocenters. The highest BCUT2D eigenvalue weighted by Gasteiger charge is 2.18. The summed E-state index contributed by atoms with van der Waals surface area (Å²) in [6.45, 7) is 0.132. The number of nitrogens with one attached hydrogen (secondary N) is 1. The number of hydrogen-bond donors (Lipinski definition) is 1. The Labute approximate surface area is 203 Å². The average molecular weight is 516 g/mol. The molecule has 0 saturated carbocycles. The van der Waals surface area contributed by atoms with E-state index in [9.17, 15) is 28.6 Å². The van der Waals surface area contributed by atoms with Crippen LogP contribution in [0.1, 0.15) is 11.1 Å². The maximum absolute atomic E-state index is 12.4. The van der Waals surface area contributed by atoms with Gasteiger partial charge in [-0.15, -0.1) is 0 Å². The van der Waals surface area contributed by atoms with E-state index in [1.54, 1.807) is 36.4 Å². The van der Waals surface area contributed by atoms with Gasteiger partial charge in [-0.05, 0) is 41.5 Å². The number of nitro groups is 1. The monoisotopic (exact) mass is 515 g/mol. The third-order valence-electron chi connectivity index (χ3n) is 4.36. The highest BCUT2D eigenvalue weighted by molar-refractivity contribution is 7.90. The number of nitriles is 1. The van der Waals surface area contributed by atoms with Crippen molar-refractivity contribution in [3.8, 4) is 17.6 Å². The second-order valence-corrected chi connectivity index (χ2v) is 9.56. The number of hydrogen-bond acceptors (Lipinski definition) is 11. The van der Waals surface area contributed by atoms with Crippen LogP contribution in [0.3, 0.4) is 0 Å². The number of carbonyl (C=O) groups excluding carboxylic acids is 1. The van der Waals surface area contributed by atoms with Crippen LogP contribution in [0.4, 0.5) is 10.8 Å². The molecule has 0 spiro atoms. The summed E-state index contributed by atoms with van der Waals surface area (Å²) in [5.41, 5.74) is 0.885. The van der Waals surface area contributed by atoms with Crippen molar-refractivity contribution in [2.24, 2.45) is 0 Å². The lowest BCUT2D eigenvalue weighted by Crippen LogP contribution is -2.13. The summed E-state index contributed by atoms with van der Waals surface area (Å²) in [6, 6.07) is 12.4. The van der Waals surface area contributed by atoms with Gasteiger partial charge in [0.2, 0.25) is 15.0 Å². The van der Waals surface area contributed by atoms with E-state index in [4.69, 9.17) is 9.47 Å². The number of anilines is 1. The summed E-state index contributed by atoms with van der Waals surface area (Å²) in [7, 11) is -2.20. The molecule has 2 aromatic carbocycles. The van der Waals surface area contributed by atoms with Crippen molar-refractivity contribution < 1.29 is 27.6 Å². The Hall–Kier alpha value is -4.35. The zero-order chi connectivity index (χ0) is 25.6. The lowest BCUT2D eigenvalue weighted by molar-refractivity contribution is -0.384. The molecule has 3 rings (SSSR count).